The van der Waals surface area contributed by atoms with Gasteiger partial charge in [0.15, 0.2) is 0 Å². The molecule has 0 radical (unpaired) electrons. The molecule has 3 rings (SSSR count). The molecule has 1 aliphatic heterocycles. The summed E-state index contributed by atoms with van der Waals surface area (Å²) in [7, 11) is 0. The zero-order chi connectivity index (χ0) is 17.6. The third-order valence-corrected chi connectivity index (χ3v) is 4.91. The van der Waals surface area contributed by atoms with Gasteiger partial charge in [-0.3, -0.25) is 14.9 Å². The molecule has 1 amide bonds. The average Bonchev–Trinajstić information content (AvgIpc) is 2.67. The van der Waals surface area contributed by atoms with E-state index in [0.717, 1.165) is 38.8 Å². The van der Waals surface area contributed by atoms with Crippen molar-refractivity contribution in [2.75, 3.05) is 13.1 Å². The molecule has 1 saturated heterocycles. The van der Waals surface area contributed by atoms with E-state index in [0.29, 0.717) is 11.5 Å². The van der Waals surface area contributed by atoms with Gasteiger partial charge >= 0.3 is 0 Å². The first-order valence-electron chi connectivity index (χ1n) is 8.71. The summed E-state index contributed by atoms with van der Waals surface area (Å²) < 4.78 is 0. The first-order chi connectivity index (χ1) is 12.1. The molecule has 2 aromatic rings. The van der Waals surface area contributed by atoms with Crippen LogP contribution in [0, 0.1) is 16.0 Å². The minimum absolute atomic E-state index is 0.0103. The molecule has 0 N–H and O–H groups in total. The first-order valence-corrected chi connectivity index (χ1v) is 8.71. The van der Waals surface area contributed by atoms with Gasteiger partial charge in [0.25, 0.3) is 11.6 Å². The van der Waals surface area contributed by atoms with Crippen LogP contribution in [-0.4, -0.2) is 28.8 Å². The molecule has 0 atom stereocenters. The van der Waals surface area contributed by atoms with Gasteiger partial charge in [-0.15, -0.1) is 0 Å². The predicted molar refractivity (Wildman–Crippen MR) is 96.5 cm³/mol. The maximum Gasteiger partial charge on any atom is 0.269 e. The second kappa shape index (κ2) is 7.92. The molecule has 0 saturated carbocycles. The Balaban J connectivity index is 1.49. The number of carbonyl (C=O) groups excluding carboxylic acids is 1. The predicted octanol–water partition coefficient (Wildman–Crippen LogP) is 4.08. The Bertz CT molecular complexity index is 720. The summed E-state index contributed by atoms with van der Waals surface area (Å²) in [5.74, 6) is 0.623. The van der Waals surface area contributed by atoms with Gasteiger partial charge in [-0.25, -0.2) is 0 Å². The molecule has 25 heavy (non-hydrogen) atoms. The molecule has 5 heteroatoms. The number of hydrogen-bond donors (Lipinski definition) is 0. The van der Waals surface area contributed by atoms with E-state index in [9.17, 15) is 14.9 Å². The van der Waals surface area contributed by atoms with Crippen LogP contribution in [0.4, 0.5) is 5.69 Å². The normalized spacial score (nSPS) is 15.1. The summed E-state index contributed by atoms with van der Waals surface area (Å²) in [4.78, 5) is 24.6. The van der Waals surface area contributed by atoms with Crippen molar-refractivity contribution in [3.05, 3.63) is 75.8 Å². The highest BCUT2D eigenvalue weighted by Crippen LogP contribution is 2.24. The maximum atomic E-state index is 12.5. The van der Waals surface area contributed by atoms with Crippen molar-refractivity contribution in [2.45, 2.75) is 25.7 Å². The molecule has 1 heterocycles. The van der Waals surface area contributed by atoms with Crippen molar-refractivity contribution in [2.24, 2.45) is 5.92 Å². The fourth-order valence-electron chi connectivity index (χ4n) is 3.35. The molecule has 0 spiro atoms. The number of piperidine rings is 1. The Labute approximate surface area is 147 Å². The second-order valence-electron chi connectivity index (χ2n) is 6.56. The van der Waals surface area contributed by atoms with Gasteiger partial charge in [0.2, 0.25) is 0 Å². The van der Waals surface area contributed by atoms with Crippen LogP contribution >= 0.6 is 0 Å². The van der Waals surface area contributed by atoms with Gasteiger partial charge in [-0.2, -0.15) is 0 Å². The number of aryl methyl sites for hydroxylation is 1. The molecular weight excluding hydrogens is 316 g/mol. The fraction of sp³-hybridized carbons (Fsp3) is 0.350. The van der Waals surface area contributed by atoms with Crippen molar-refractivity contribution >= 4 is 11.6 Å². The molecule has 0 bridgehead atoms. The molecule has 1 fully saturated rings. The number of rotatable bonds is 5. The molecule has 0 aliphatic carbocycles. The van der Waals surface area contributed by atoms with Crippen LogP contribution in [-0.2, 0) is 6.42 Å². The lowest BCUT2D eigenvalue weighted by Crippen LogP contribution is -2.38. The van der Waals surface area contributed by atoms with Gasteiger partial charge in [-0.1, -0.05) is 30.3 Å². The van der Waals surface area contributed by atoms with E-state index in [4.69, 9.17) is 0 Å². The van der Waals surface area contributed by atoms with E-state index in [1.807, 2.05) is 11.0 Å². The fourth-order valence-corrected chi connectivity index (χ4v) is 3.35. The maximum absolute atomic E-state index is 12.5. The van der Waals surface area contributed by atoms with E-state index in [1.165, 1.54) is 17.7 Å². The number of carbonyl (C=O) groups is 1. The van der Waals surface area contributed by atoms with Gasteiger partial charge in [0.1, 0.15) is 0 Å². The Morgan fingerprint density at radius 1 is 1.04 bits per heavy atom. The van der Waals surface area contributed by atoms with E-state index < -0.39 is 4.92 Å². The van der Waals surface area contributed by atoms with Crippen LogP contribution < -0.4 is 0 Å². The number of nitro groups is 1. The Hall–Kier alpha value is -2.69. The summed E-state index contributed by atoms with van der Waals surface area (Å²) in [6.07, 6.45) is 4.28. The molecule has 130 valence electrons. The number of nitro benzene ring substituents is 1. The van der Waals surface area contributed by atoms with Gasteiger partial charge in [-0.05, 0) is 49.3 Å². The highest BCUT2D eigenvalue weighted by atomic mass is 16.6. The SMILES string of the molecule is O=C(c1ccc([N+](=O)[O-])cc1)N1CCC(CCc2ccccc2)CC1. The summed E-state index contributed by atoms with van der Waals surface area (Å²) in [5, 5.41) is 10.7. The van der Waals surface area contributed by atoms with Crippen LogP contribution in [0.3, 0.4) is 0 Å². The van der Waals surface area contributed by atoms with Crippen molar-refractivity contribution in [3.63, 3.8) is 0 Å². The average molecular weight is 338 g/mol. The summed E-state index contributed by atoms with van der Waals surface area (Å²) >= 11 is 0. The molecule has 2 aromatic carbocycles. The van der Waals surface area contributed by atoms with Gasteiger partial charge in [0.05, 0.1) is 4.92 Å². The number of amides is 1. The lowest BCUT2D eigenvalue weighted by Gasteiger charge is -2.32. The van der Waals surface area contributed by atoms with Crippen LogP contribution in [0.2, 0.25) is 0 Å². The zero-order valence-corrected chi connectivity index (χ0v) is 14.1. The van der Waals surface area contributed by atoms with Gasteiger partial charge in [0, 0.05) is 30.8 Å². The van der Waals surface area contributed by atoms with E-state index >= 15 is 0 Å². The van der Waals surface area contributed by atoms with Crippen LogP contribution in [0.1, 0.15) is 35.2 Å². The Kier molecular flexibility index (Phi) is 5.43. The number of benzene rings is 2. The van der Waals surface area contributed by atoms with E-state index in [1.54, 1.807) is 12.1 Å². The lowest BCUT2D eigenvalue weighted by molar-refractivity contribution is -0.384. The zero-order valence-electron chi connectivity index (χ0n) is 14.1. The number of non-ortho nitro benzene ring substituents is 1. The summed E-state index contributed by atoms with van der Waals surface area (Å²) in [5.41, 5.74) is 1.90. The van der Waals surface area contributed by atoms with Crippen LogP contribution in [0.15, 0.2) is 54.6 Å². The number of hydrogen-bond acceptors (Lipinski definition) is 3. The Morgan fingerprint density at radius 2 is 1.68 bits per heavy atom. The van der Waals surface area contributed by atoms with Gasteiger partial charge < -0.3 is 4.90 Å². The van der Waals surface area contributed by atoms with Crippen LogP contribution in [0.5, 0.6) is 0 Å². The third-order valence-electron chi connectivity index (χ3n) is 4.91. The quantitative estimate of drug-likeness (QED) is 0.609. The topological polar surface area (TPSA) is 63.4 Å². The number of nitrogens with zero attached hydrogens (tertiary/aromatic N) is 2. The second-order valence-corrected chi connectivity index (χ2v) is 6.56. The first kappa shape index (κ1) is 17.1. The standard InChI is InChI=1S/C20H22N2O3/c23-20(18-8-10-19(11-9-18)22(24)25)21-14-12-17(13-15-21)7-6-16-4-2-1-3-5-16/h1-5,8-11,17H,6-7,12-15H2. The van der Waals surface area contributed by atoms with Crippen molar-refractivity contribution in [3.8, 4) is 0 Å². The summed E-state index contributed by atoms with van der Waals surface area (Å²) in [6.45, 7) is 1.52. The Morgan fingerprint density at radius 3 is 2.28 bits per heavy atom. The highest BCUT2D eigenvalue weighted by molar-refractivity contribution is 5.94. The lowest BCUT2D eigenvalue weighted by atomic mass is 9.90. The minimum atomic E-state index is -0.452. The van der Waals surface area contributed by atoms with Crippen molar-refractivity contribution in [1.29, 1.82) is 0 Å². The van der Waals surface area contributed by atoms with Crippen molar-refractivity contribution < 1.29 is 9.72 Å². The van der Waals surface area contributed by atoms with Crippen molar-refractivity contribution in [1.82, 2.24) is 4.90 Å². The minimum Gasteiger partial charge on any atom is -0.339 e. The molecule has 1 aliphatic rings. The molecule has 5 nitrogen and oxygen atoms in total. The monoisotopic (exact) mass is 338 g/mol. The molecule has 0 unspecified atom stereocenters. The van der Waals surface area contributed by atoms with Crippen LogP contribution in [0.25, 0.3) is 0 Å². The summed E-state index contributed by atoms with van der Waals surface area (Å²) in [6, 6.07) is 16.4. The smallest absolute Gasteiger partial charge is 0.269 e. The third kappa shape index (κ3) is 4.44. The highest BCUT2D eigenvalue weighted by Gasteiger charge is 2.23. The van der Waals surface area contributed by atoms with E-state index in [2.05, 4.69) is 24.3 Å². The molecular formula is C20H22N2O3. The number of likely N-dealkylation sites (tertiary alicyclic amines) is 1. The van der Waals surface area contributed by atoms with E-state index in [-0.39, 0.29) is 11.6 Å². The largest absolute Gasteiger partial charge is 0.339 e. The molecule has 0 aromatic heterocycles.